The summed E-state index contributed by atoms with van der Waals surface area (Å²) in [7, 11) is 0. The number of carbonyl (C=O) groups is 1. The number of rotatable bonds is 4. The van der Waals surface area contributed by atoms with Crippen LogP contribution in [0.1, 0.15) is 29.4 Å². The highest BCUT2D eigenvalue weighted by atomic mass is 32.1. The molecule has 1 aromatic carbocycles. The van der Waals surface area contributed by atoms with Crippen molar-refractivity contribution in [3.05, 3.63) is 35.2 Å². The summed E-state index contributed by atoms with van der Waals surface area (Å²) in [6.07, 6.45) is 1.56. The molecule has 0 bridgehead atoms. The third-order valence-corrected chi connectivity index (χ3v) is 5.73. The van der Waals surface area contributed by atoms with Gasteiger partial charge in [-0.25, -0.2) is 0 Å². The number of fused-ring (bicyclic) bond motifs is 3. The van der Waals surface area contributed by atoms with Crippen molar-refractivity contribution in [1.29, 1.82) is 5.26 Å². The second kappa shape index (κ2) is 5.84. The van der Waals surface area contributed by atoms with Crippen molar-refractivity contribution < 1.29 is 4.79 Å². The number of benzene rings is 1. The lowest BCUT2D eigenvalue weighted by Crippen LogP contribution is -2.33. The molecule has 3 aromatic rings. The Morgan fingerprint density at radius 3 is 2.90 bits per heavy atom. The van der Waals surface area contributed by atoms with E-state index in [0.717, 1.165) is 15.8 Å². The van der Waals surface area contributed by atoms with E-state index in [4.69, 9.17) is 5.26 Å². The van der Waals surface area contributed by atoms with Gasteiger partial charge in [0.1, 0.15) is 6.04 Å². The zero-order valence-corrected chi connectivity index (χ0v) is 13.2. The first kappa shape index (κ1) is 14.1. The molecule has 0 fully saturated rings. The molecular weight excluding hydrogens is 300 g/mol. The van der Waals surface area contributed by atoms with Gasteiger partial charge in [-0.1, -0.05) is 31.5 Å². The Balaban J connectivity index is 1.91. The van der Waals surface area contributed by atoms with Gasteiger partial charge in [-0.2, -0.15) is 5.26 Å². The molecule has 0 aliphatic carbocycles. The van der Waals surface area contributed by atoms with Gasteiger partial charge < -0.3 is 5.32 Å². The first-order chi connectivity index (χ1) is 10.2. The third kappa shape index (κ3) is 2.65. The highest BCUT2D eigenvalue weighted by molar-refractivity contribution is 7.33. The van der Waals surface area contributed by atoms with Crippen LogP contribution in [-0.4, -0.2) is 11.9 Å². The lowest BCUT2D eigenvalue weighted by molar-refractivity contribution is 0.0948. The van der Waals surface area contributed by atoms with Crippen molar-refractivity contribution in [3.63, 3.8) is 0 Å². The van der Waals surface area contributed by atoms with Crippen LogP contribution in [0.4, 0.5) is 0 Å². The number of nitrogens with one attached hydrogen (secondary N) is 1. The first-order valence-electron chi connectivity index (χ1n) is 6.84. The third-order valence-electron chi connectivity index (χ3n) is 3.31. The van der Waals surface area contributed by atoms with Crippen molar-refractivity contribution in [3.8, 4) is 6.07 Å². The van der Waals surface area contributed by atoms with E-state index in [-0.39, 0.29) is 5.91 Å². The van der Waals surface area contributed by atoms with Gasteiger partial charge in [0.05, 0.1) is 15.6 Å². The second-order valence-corrected chi connectivity index (χ2v) is 6.98. The SMILES string of the molecule is CCC[C@@H](C#N)NC(=O)c1cc2sc3ccccc3c2s1. The predicted octanol–water partition coefficient (Wildman–Crippen LogP) is 4.54. The van der Waals surface area contributed by atoms with E-state index in [0.29, 0.717) is 11.3 Å². The molecule has 21 heavy (non-hydrogen) atoms. The maximum Gasteiger partial charge on any atom is 0.262 e. The summed E-state index contributed by atoms with van der Waals surface area (Å²) in [6, 6.07) is 11.9. The summed E-state index contributed by atoms with van der Waals surface area (Å²) in [6.45, 7) is 2.00. The minimum Gasteiger partial charge on any atom is -0.336 e. The van der Waals surface area contributed by atoms with Crippen LogP contribution in [-0.2, 0) is 0 Å². The fourth-order valence-electron chi connectivity index (χ4n) is 2.30. The quantitative estimate of drug-likeness (QED) is 0.768. The molecule has 1 N–H and O–H groups in total. The summed E-state index contributed by atoms with van der Waals surface area (Å²) < 4.78 is 3.53. The molecule has 2 aromatic heterocycles. The van der Waals surface area contributed by atoms with Gasteiger partial charge in [-0.3, -0.25) is 4.79 Å². The normalized spacial score (nSPS) is 12.4. The highest BCUT2D eigenvalue weighted by Crippen LogP contribution is 2.39. The Hall–Kier alpha value is -1.90. The molecule has 0 unspecified atom stereocenters. The first-order valence-corrected chi connectivity index (χ1v) is 8.47. The van der Waals surface area contributed by atoms with Crippen LogP contribution in [0, 0.1) is 11.3 Å². The number of amides is 1. The van der Waals surface area contributed by atoms with Crippen LogP contribution in [0.15, 0.2) is 30.3 Å². The molecule has 0 spiro atoms. The van der Waals surface area contributed by atoms with Crippen LogP contribution in [0.5, 0.6) is 0 Å². The van der Waals surface area contributed by atoms with E-state index in [1.165, 1.54) is 21.4 Å². The molecule has 3 rings (SSSR count). The van der Waals surface area contributed by atoms with Crippen LogP contribution in [0.3, 0.4) is 0 Å². The molecule has 0 saturated carbocycles. The smallest absolute Gasteiger partial charge is 0.262 e. The molecule has 106 valence electrons. The summed E-state index contributed by atoms with van der Waals surface area (Å²) >= 11 is 3.20. The molecule has 0 radical (unpaired) electrons. The van der Waals surface area contributed by atoms with Crippen LogP contribution in [0.2, 0.25) is 0 Å². The molecule has 0 aliphatic heterocycles. The molecule has 5 heteroatoms. The Morgan fingerprint density at radius 1 is 1.33 bits per heavy atom. The van der Waals surface area contributed by atoms with Gasteiger partial charge in [0.2, 0.25) is 0 Å². The second-order valence-electron chi connectivity index (χ2n) is 4.85. The minimum absolute atomic E-state index is 0.146. The van der Waals surface area contributed by atoms with E-state index in [9.17, 15) is 4.79 Å². The van der Waals surface area contributed by atoms with Crippen molar-refractivity contribution in [2.75, 3.05) is 0 Å². The van der Waals surface area contributed by atoms with E-state index < -0.39 is 6.04 Å². The average molecular weight is 314 g/mol. The topological polar surface area (TPSA) is 52.9 Å². The summed E-state index contributed by atoms with van der Waals surface area (Å²) in [5, 5.41) is 13.0. The number of thiophene rings is 2. The molecule has 1 atom stereocenters. The molecular formula is C16H14N2OS2. The molecule has 1 amide bonds. The Labute approximate surface area is 130 Å². The Bertz CT molecular complexity index is 841. The van der Waals surface area contributed by atoms with E-state index in [2.05, 4.69) is 23.5 Å². The van der Waals surface area contributed by atoms with Crippen LogP contribution < -0.4 is 5.32 Å². The van der Waals surface area contributed by atoms with Gasteiger partial charge in [0.25, 0.3) is 5.91 Å². The zero-order valence-electron chi connectivity index (χ0n) is 11.6. The summed E-state index contributed by atoms with van der Waals surface area (Å²) in [5.74, 6) is -0.146. The maximum atomic E-state index is 12.2. The van der Waals surface area contributed by atoms with Gasteiger partial charge in [-0.05, 0) is 18.6 Å². The van der Waals surface area contributed by atoms with Crippen LogP contribution in [0.25, 0.3) is 19.5 Å². The van der Waals surface area contributed by atoms with Gasteiger partial charge in [-0.15, -0.1) is 22.7 Å². The summed E-state index contributed by atoms with van der Waals surface area (Å²) in [4.78, 5) is 12.9. The van der Waals surface area contributed by atoms with Crippen molar-refractivity contribution >= 4 is 48.1 Å². The summed E-state index contributed by atoms with van der Waals surface area (Å²) in [5.41, 5.74) is 0. The average Bonchev–Trinajstić information content (AvgIpc) is 3.04. The van der Waals surface area contributed by atoms with Crippen LogP contribution >= 0.6 is 22.7 Å². The highest BCUT2D eigenvalue weighted by Gasteiger charge is 2.17. The Kier molecular flexibility index (Phi) is 3.91. The van der Waals surface area contributed by atoms with Gasteiger partial charge in [0, 0.05) is 14.8 Å². The standard InChI is InChI=1S/C16H14N2OS2/c1-2-5-10(9-17)18-16(19)14-8-13-15(21-14)11-6-3-4-7-12(11)20-13/h3-4,6-8,10H,2,5H2,1H3,(H,18,19)/t10-/m0/s1. The maximum absolute atomic E-state index is 12.2. The fourth-order valence-corrected chi connectivity index (χ4v) is 4.73. The zero-order chi connectivity index (χ0) is 14.8. The van der Waals surface area contributed by atoms with Gasteiger partial charge in [0.15, 0.2) is 0 Å². The molecule has 0 saturated heterocycles. The van der Waals surface area contributed by atoms with Crippen molar-refractivity contribution in [2.24, 2.45) is 0 Å². The number of nitriles is 1. The number of hydrogen-bond acceptors (Lipinski definition) is 4. The number of carbonyl (C=O) groups excluding carboxylic acids is 1. The van der Waals surface area contributed by atoms with Crippen molar-refractivity contribution in [1.82, 2.24) is 5.32 Å². The monoisotopic (exact) mass is 314 g/mol. The largest absolute Gasteiger partial charge is 0.336 e. The molecule has 2 heterocycles. The Morgan fingerprint density at radius 2 is 2.14 bits per heavy atom. The fraction of sp³-hybridized carbons (Fsp3) is 0.250. The lowest BCUT2D eigenvalue weighted by Gasteiger charge is -2.08. The van der Waals surface area contributed by atoms with E-state index >= 15 is 0 Å². The number of hydrogen-bond donors (Lipinski definition) is 1. The van der Waals surface area contributed by atoms with Gasteiger partial charge >= 0.3 is 0 Å². The molecule has 0 aliphatic rings. The predicted molar refractivity (Wildman–Crippen MR) is 89.0 cm³/mol. The number of nitrogens with zero attached hydrogens (tertiary/aromatic N) is 1. The van der Waals surface area contributed by atoms with E-state index in [1.54, 1.807) is 11.3 Å². The molecule has 3 nitrogen and oxygen atoms in total. The van der Waals surface area contributed by atoms with E-state index in [1.807, 2.05) is 25.1 Å². The lowest BCUT2D eigenvalue weighted by atomic mass is 10.2. The van der Waals surface area contributed by atoms with Crippen molar-refractivity contribution in [2.45, 2.75) is 25.8 Å². The minimum atomic E-state index is -0.403.